The third-order valence-electron chi connectivity index (χ3n) is 3.73. The van der Waals surface area contributed by atoms with E-state index < -0.39 is 0 Å². The first-order chi connectivity index (χ1) is 10.3. The number of para-hydroxylation sites is 1. The highest BCUT2D eigenvalue weighted by molar-refractivity contribution is 5.98. The van der Waals surface area contributed by atoms with Crippen molar-refractivity contribution in [2.75, 3.05) is 38.2 Å². The molecule has 1 heterocycles. The summed E-state index contributed by atoms with van der Waals surface area (Å²) in [6.07, 6.45) is 3.46. The van der Waals surface area contributed by atoms with E-state index in [1.807, 2.05) is 12.1 Å². The van der Waals surface area contributed by atoms with Gasteiger partial charge in [-0.05, 0) is 37.3 Å². The molecule has 1 aromatic rings. The fraction of sp³-hybridized carbons (Fsp3) is 0.562. The SMILES string of the molecule is O=C(NCCCOCC1CC1)c1cccc2c1OCCN2. The maximum Gasteiger partial charge on any atom is 0.255 e. The van der Waals surface area contributed by atoms with Crippen LogP contribution in [0.25, 0.3) is 0 Å². The first-order valence-corrected chi connectivity index (χ1v) is 7.70. The second-order valence-corrected chi connectivity index (χ2v) is 5.59. The summed E-state index contributed by atoms with van der Waals surface area (Å²) in [5.41, 5.74) is 1.49. The number of hydrogen-bond donors (Lipinski definition) is 2. The van der Waals surface area contributed by atoms with E-state index in [4.69, 9.17) is 9.47 Å². The van der Waals surface area contributed by atoms with Gasteiger partial charge in [-0.15, -0.1) is 0 Å². The lowest BCUT2D eigenvalue weighted by molar-refractivity contribution is 0.0933. The van der Waals surface area contributed by atoms with Gasteiger partial charge in [-0.25, -0.2) is 0 Å². The van der Waals surface area contributed by atoms with E-state index in [2.05, 4.69) is 10.6 Å². The topological polar surface area (TPSA) is 59.6 Å². The Labute approximate surface area is 125 Å². The summed E-state index contributed by atoms with van der Waals surface area (Å²) in [5.74, 6) is 1.36. The van der Waals surface area contributed by atoms with Crippen molar-refractivity contribution in [3.05, 3.63) is 23.8 Å². The van der Waals surface area contributed by atoms with Crippen molar-refractivity contribution in [2.24, 2.45) is 5.92 Å². The molecule has 5 nitrogen and oxygen atoms in total. The monoisotopic (exact) mass is 290 g/mol. The van der Waals surface area contributed by atoms with Crippen molar-refractivity contribution >= 4 is 11.6 Å². The van der Waals surface area contributed by atoms with Crippen LogP contribution < -0.4 is 15.4 Å². The molecule has 0 saturated heterocycles. The number of nitrogens with one attached hydrogen (secondary N) is 2. The summed E-state index contributed by atoms with van der Waals surface area (Å²) in [7, 11) is 0. The Bertz CT molecular complexity index is 500. The van der Waals surface area contributed by atoms with Crippen LogP contribution in [0.5, 0.6) is 5.75 Å². The van der Waals surface area contributed by atoms with Crippen LogP contribution in [-0.4, -0.2) is 38.8 Å². The van der Waals surface area contributed by atoms with E-state index in [1.165, 1.54) is 12.8 Å². The molecule has 0 bridgehead atoms. The third-order valence-corrected chi connectivity index (χ3v) is 3.73. The Morgan fingerprint density at radius 2 is 2.33 bits per heavy atom. The van der Waals surface area contributed by atoms with Crippen molar-refractivity contribution in [2.45, 2.75) is 19.3 Å². The maximum absolute atomic E-state index is 12.2. The summed E-state index contributed by atoms with van der Waals surface area (Å²) in [5, 5.41) is 6.16. The van der Waals surface area contributed by atoms with Crippen LogP contribution in [-0.2, 0) is 4.74 Å². The van der Waals surface area contributed by atoms with Gasteiger partial charge in [0.2, 0.25) is 0 Å². The van der Waals surface area contributed by atoms with Crippen LogP contribution in [0, 0.1) is 5.92 Å². The van der Waals surface area contributed by atoms with E-state index in [-0.39, 0.29) is 5.91 Å². The van der Waals surface area contributed by atoms with Gasteiger partial charge in [0.1, 0.15) is 6.61 Å². The van der Waals surface area contributed by atoms with Crippen molar-refractivity contribution < 1.29 is 14.3 Å². The van der Waals surface area contributed by atoms with Crippen LogP contribution >= 0.6 is 0 Å². The van der Waals surface area contributed by atoms with Gasteiger partial charge in [-0.1, -0.05) is 6.07 Å². The molecule has 0 radical (unpaired) electrons. The zero-order valence-corrected chi connectivity index (χ0v) is 12.2. The number of benzene rings is 1. The Hall–Kier alpha value is -1.75. The van der Waals surface area contributed by atoms with Crippen LogP contribution in [0.4, 0.5) is 5.69 Å². The summed E-state index contributed by atoms with van der Waals surface area (Å²) >= 11 is 0. The van der Waals surface area contributed by atoms with Crippen molar-refractivity contribution in [3.63, 3.8) is 0 Å². The van der Waals surface area contributed by atoms with E-state index in [0.717, 1.165) is 31.2 Å². The van der Waals surface area contributed by atoms with Gasteiger partial charge in [0.25, 0.3) is 5.91 Å². The van der Waals surface area contributed by atoms with Gasteiger partial charge in [-0.2, -0.15) is 0 Å². The fourth-order valence-electron chi connectivity index (χ4n) is 2.36. The molecular formula is C16H22N2O3. The highest BCUT2D eigenvalue weighted by Gasteiger charge is 2.21. The predicted molar refractivity (Wildman–Crippen MR) is 80.9 cm³/mol. The number of fused-ring (bicyclic) bond motifs is 1. The number of carbonyl (C=O) groups excluding carboxylic acids is 1. The number of ether oxygens (including phenoxy) is 2. The molecule has 0 atom stereocenters. The quantitative estimate of drug-likeness (QED) is 0.754. The largest absolute Gasteiger partial charge is 0.489 e. The van der Waals surface area contributed by atoms with Crippen LogP contribution in [0.15, 0.2) is 18.2 Å². The van der Waals surface area contributed by atoms with Crippen LogP contribution in [0.1, 0.15) is 29.6 Å². The third kappa shape index (κ3) is 3.88. The fourth-order valence-corrected chi connectivity index (χ4v) is 2.36. The van der Waals surface area contributed by atoms with Crippen molar-refractivity contribution in [3.8, 4) is 5.75 Å². The Morgan fingerprint density at radius 1 is 1.43 bits per heavy atom. The molecule has 2 aliphatic rings. The molecule has 21 heavy (non-hydrogen) atoms. The van der Waals surface area contributed by atoms with Gasteiger partial charge >= 0.3 is 0 Å². The molecule has 0 unspecified atom stereocenters. The molecule has 1 fully saturated rings. The highest BCUT2D eigenvalue weighted by Crippen LogP contribution is 2.31. The van der Waals surface area contributed by atoms with Gasteiger partial charge < -0.3 is 20.1 Å². The minimum Gasteiger partial charge on any atom is -0.489 e. The molecule has 0 aromatic heterocycles. The first kappa shape index (κ1) is 14.2. The minimum absolute atomic E-state index is 0.0854. The normalized spacial score (nSPS) is 16.6. The Morgan fingerprint density at radius 3 is 3.19 bits per heavy atom. The van der Waals surface area contributed by atoms with E-state index >= 15 is 0 Å². The smallest absolute Gasteiger partial charge is 0.255 e. The number of hydrogen-bond acceptors (Lipinski definition) is 4. The van der Waals surface area contributed by atoms with Crippen molar-refractivity contribution in [1.29, 1.82) is 0 Å². The zero-order chi connectivity index (χ0) is 14.5. The molecule has 3 rings (SSSR count). The molecule has 2 N–H and O–H groups in total. The average molecular weight is 290 g/mol. The molecule has 5 heteroatoms. The van der Waals surface area contributed by atoms with Gasteiger partial charge in [0.15, 0.2) is 5.75 Å². The Kier molecular flexibility index (Phi) is 4.60. The number of anilines is 1. The molecule has 1 aliphatic heterocycles. The standard InChI is InChI=1S/C16H22N2O3/c19-16(18-7-2-9-20-11-12-5-6-12)13-3-1-4-14-15(13)21-10-8-17-14/h1,3-4,12,17H,2,5-11H2,(H,18,19). The predicted octanol–water partition coefficient (Wildman–Crippen LogP) is 2.04. The first-order valence-electron chi connectivity index (χ1n) is 7.70. The molecule has 1 amide bonds. The molecule has 114 valence electrons. The van der Waals surface area contributed by atoms with E-state index in [0.29, 0.717) is 31.1 Å². The second kappa shape index (κ2) is 6.80. The maximum atomic E-state index is 12.2. The molecule has 1 aliphatic carbocycles. The number of carbonyl (C=O) groups is 1. The number of rotatable bonds is 7. The molecular weight excluding hydrogens is 268 g/mol. The molecule has 0 spiro atoms. The van der Waals surface area contributed by atoms with Gasteiger partial charge in [-0.3, -0.25) is 4.79 Å². The van der Waals surface area contributed by atoms with Gasteiger partial charge in [0.05, 0.1) is 11.3 Å². The lowest BCUT2D eigenvalue weighted by Crippen LogP contribution is -2.27. The lowest BCUT2D eigenvalue weighted by Gasteiger charge is -2.21. The van der Waals surface area contributed by atoms with Crippen LogP contribution in [0.3, 0.4) is 0 Å². The molecule has 1 saturated carbocycles. The average Bonchev–Trinajstić information content (AvgIpc) is 3.34. The van der Waals surface area contributed by atoms with Crippen molar-refractivity contribution in [1.82, 2.24) is 5.32 Å². The molecule has 1 aromatic carbocycles. The van der Waals surface area contributed by atoms with E-state index in [9.17, 15) is 4.79 Å². The van der Waals surface area contributed by atoms with Gasteiger partial charge in [0, 0.05) is 26.3 Å². The van der Waals surface area contributed by atoms with Crippen LogP contribution in [0.2, 0.25) is 0 Å². The number of amides is 1. The lowest BCUT2D eigenvalue weighted by atomic mass is 10.1. The summed E-state index contributed by atoms with van der Waals surface area (Å²) < 4.78 is 11.2. The summed E-state index contributed by atoms with van der Waals surface area (Å²) in [4.78, 5) is 12.2. The minimum atomic E-state index is -0.0854. The summed E-state index contributed by atoms with van der Waals surface area (Å²) in [6, 6.07) is 5.59. The second-order valence-electron chi connectivity index (χ2n) is 5.59. The zero-order valence-electron chi connectivity index (χ0n) is 12.2. The Balaban J connectivity index is 1.44. The van der Waals surface area contributed by atoms with E-state index in [1.54, 1.807) is 6.07 Å². The summed E-state index contributed by atoms with van der Waals surface area (Å²) in [6.45, 7) is 3.57. The highest BCUT2D eigenvalue weighted by atomic mass is 16.5.